The van der Waals surface area contributed by atoms with Gasteiger partial charge in [-0.05, 0) is 59.7 Å². The summed E-state index contributed by atoms with van der Waals surface area (Å²) in [5.74, 6) is -0.0913. The number of phenolic OH excluding ortho intramolecular Hbond substituents is 1. The number of ether oxygens (including phenoxy) is 3. The molecule has 4 N–H and O–H groups in total. The van der Waals surface area contributed by atoms with Crippen LogP contribution < -0.4 is 26.0 Å². The lowest BCUT2D eigenvalue weighted by Gasteiger charge is -2.36. The number of aromatic nitrogens is 2. The van der Waals surface area contributed by atoms with E-state index in [1.54, 1.807) is 54.6 Å². The van der Waals surface area contributed by atoms with Crippen molar-refractivity contribution < 1.29 is 28.9 Å². The number of fused-ring (bicyclic) bond motifs is 6. The summed E-state index contributed by atoms with van der Waals surface area (Å²) in [6.07, 6.45) is 0. The standard InChI is InChI=1S/C38H25N3O8/c42-26-11-14-30-32(18-26)48-33-19-27(47-20-25-17-34(43)41-37(46)40-25)12-15-31(33)38(30)29-13-10-24(16-28(29)36(45)49-38)39-35(44)23-8-6-22(7-9-23)21-4-2-1-3-5-21/h1-19,42H,20H2,(H,39,44)(H2,40,41,43,46). The topological polar surface area (TPSA) is 160 Å². The summed E-state index contributed by atoms with van der Waals surface area (Å²) in [6, 6.07) is 32.8. The quantitative estimate of drug-likeness (QED) is 0.164. The number of carbonyl (C=O) groups excluding carboxylic acids is 2. The van der Waals surface area contributed by atoms with Gasteiger partial charge in [0, 0.05) is 46.1 Å². The monoisotopic (exact) mass is 651 g/mol. The van der Waals surface area contributed by atoms with Crippen molar-refractivity contribution in [3.63, 3.8) is 0 Å². The molecule has 0 saturated heterocycles. The molecule has 2 aliphatic rings. The molecule has 1 aromatic heterocycles. The fraction of sp³-hybridized carbons (Fsp3) is 0.0526. The number of aromatic hydroxyl groups is 1. The van der Waals surface area contributed by atoms with E-state index in [1.165, 1.54) is 18.2 Å². The third-order valence-corrected chi connectivity index (χ3v) is 8.48. The summed E-state index contributed by atoms with van der Waals surface area (Å²) in [6.45, 7) is -0.107. The second kappa shape index (κ2) is 11.4. The first-order valence-corrected chi connectivity index (χ1v) is 15.2. The lowest BCUT2D eigenvalue weighted by Crippen LogP contribution is -2.33. The van der Waals surface area contributed by atoms with Crippen molar-refractivity contribution in [3.8, 4) is 34.1 Å². The van der Waals surface area contributed by atoms with Crippen LogP contribution in [0.25, 0.3) is 11.1 Å². The number of H-pyrrole nitrogens is 2. The van der Waals surface area contributed by atoms with E-state index in [9.17, 15) is 24.3 Å². The van der Waals surface area contributed by atoms with Gasteiger partial charge in [0.1, 0.15) is 29.6 Å². The van der Waals surface area contributed by atoms with Crippen LogP contribution >= 0.6 is 0 Å². The van der Waals surface area contributed by atoms with Gasteiger partial charge in [-0.15, -0.1) is 0 Å². The van der Waals surface area contributed by atoms with E-state index in [1.807, 2.05) is 42.5 Å². The van der Waals surface area contributed by atoms with Crippen molar-refractivity contribution in [2.45, 2.75) is 12.2 Å². The Morgan fingerprint density at radius 2 is 1.47 bits per heavy atom. The van der Waals surface area contributed by atoms with Gasteiger partial charge in [0.15, 0.2) is 5.60 Å². The van der Waals surface area contributed by atoms with Crippen molar-refractivity contribution in [2.75, 3.05) is 5.32 Å². The summed E-state index contributed by atoms with van der Waals surface area (Å²) < 4.78 is 18.2. The minimum Gasteiger partial charge on any atom is -0.508 e. The molecular formula is C38H25N3O8. The number of aromatic amines is 2. The van der Waals surface area contributed by atoms with Gasteiger partial charge in [0.2, 0.25) is 0 Å². The van der Waals surface area contributed by atoms with Gasteiger partial charge in [-0.1, -0.05) is 48.5 Å². The third kappa shape index (κ3) is 5.19. The highest BCUT2D eigenvalue weighted by atomic mass is 16.6. The maximum absolute atomic E-state index is 13.6. The van der Waals surface area contributed by atoms with E-state index < -0.39 is 22.8 Å². The van der Waals surface area contributed by atoms with E-state index in [4.69, 9.17) is 14.2 Å². The van der Waals surface area contributed by atoms with Gasteiger partial charge >= 0.3 is 11.7 Å². The molecule has 5 aromatic carbocycles. The summed E-state index contributed by atoms with van der Waals surface area (Å²) in [7, 11) is 0. The molecule has 6 aromatic rings. The number of carbonyl (C=O) groups is 2. The third-order valence-electron chi connectivity index (χ3n) is 8.48. The number of hydrogen-bond acceptors (Lipinski definition) is 8. The van der Waals surface area contributed by atoms with E-state index in [-0.39, 0.29) is 35.3 Å². The fourth-order valence-corrected chi connectivity index (χ4v) is 6.27. The predicted molar refractivity (Wildman–Crippen MR) is 178 cm³/mol. The van der Waals surface area contributed by atoms with E-state index in [2.05, 4.69) is 15.3 Å². The Kier molecular flexibility index (Phi) is 6.88. The Morgan fingerprint density at radius 3 is 2.24 bits per heavy atom. The molecule has 49 heavy (non-hydrogen) atoms. The van der Waals surface area contributed by atoms with Gasteiger partial charge in [-0.2, -0.15) is 0 Å². The lowest BCUT2D eigenvalue weighted by molar-refractivity contribution is 0.0224. The minimum absolute atomic E-state index is 0.0533. The number of nitrogens with one attached hydrogen (secondary N) is 3. The number of amides is 1. The number of phenols is 1. The number of benzene rings is 5. The molecule has 11 nitrogen and oxygen atoms in total. The second-order valence-corrected chi connectivity index (χ2v) is 11.6. The first kappa shape index (κ1) is 29.5. The van der Waals surface area contributed by atoms with Crippen molar-refractivity contribution in [1.82, 2.24) is 9.97 Å². The molecule has 240 valence electrons. The average molecular weight is 652 g/mol. The Bertz CT molecular complexity index is 2390. The maximum atomic E-state index is 13.6. The number of rotatable bonds is 6. The second-order valence-electron chi connectivity index (χ2n) is 11.6. The van der Waals surface area contributed by atoms with Crippen LogP contribution in [-0.2, 0) is 16.9 Å². The summed E-state index contributed by atoms with van der Waals surface area (Å²) in [4.78, 5) is 54.7. The van der Waals surface area contributed by atoms with E-state index in [0.29, 0.717) is 39.4 Å². The van der Waals surface area contributed by atoms with Crippen LogP contribution in [0.5, 0.6) is 23.0 Å². The first-order chi connectivity index (χ1) is 23.8. The van der Waals surface area contributed by atoms with Crippen LogP contribution in [0.2, 0.25) is 0 Å². The lowest BCUT2D eigenvalue weighted by atomic mass is 9.77. The largest absolute Gasteiger partial charge is 0.508 e. The van der Waals surface area contributed by atoms with Gasteiger partial charge in [0.05, 0.1) is 11.3 Å². The summed E-state index contributed by atoms with van der Waals surface area (Å²) >= 11 is 0. The molecule has 0 bridgehead atoms. The molecule has 2 aliphatic heterocycles. The zero-order chi connectivity index (χ0) is 33.7. The zero-order valence-corrected chi connectivity index (χ0v) is 25.5. The van der Waals surface area contributed by atoms with Crippen molar-refractivity contribution in [3.05, 3.63) is 170 Å². The predicted octanol–water partition coefficient (Wildman–Crippen LogP) is 5.84. The van der Waals surface area contributed by atoms with Gasteiger partial charge in [-0.3, -0.25) is 14.6 Å². The normalized spacial score (nSPS) is 15.4. The Hall–Kier alpha value is -6.88. The van der Waals surface area contributed by atoms with Crippen LogP contribution in [0.4, 0.5) is 5.69 Å². The first-order valence-electron chi connectivity index (χ1n) is 15.2. The molecule has 0 aliphatic carbocycles. The van der Waals surface area contributed by atoms with Gasteiger partial charge < -0.3 is 29.6 Å². The zero-order valence-electron chi connectivity index (χ0n) is 25.5. The summed E-state index contributed by atoms with van der Waals surface area (Å²) in [5, 5.41) is 13.2. The smallest absolute Gasteiger partial charge is 0.340 e. The van der Waals surface area contributed by atoms with Crippen LogP contribution in [-0.4, -0.2) is 27.0 Å². The highest BCUT2D eigenvalue weighted by Crippen LogP contribution is 2.57. The fourth-order valence-electron chi connectivity index (χ4n) is 6.27. The highest BCUT2D eigenvalue weighted by molar-refractivity contribution is 6.06. The number of esters is 1. The van der Waals surface area contributed by atoms with Crippen LogP contribution in [0, 0.1) is 0 Å². The Balaban J connectivity index is 1.12. The molecule has 1 atom stereocenters. The minimum atomic E-state index is -1.44. The molecule has 1 unspecified atom stereocenters. The molecule has 11 heteroatoms. The Morgan fingerprint density at radius 1 is 0.755 bits per heavy atom. The SMILES string of the molecule is O=C(Nc1ccc2c(c1)C(=O)OC21c2ccc(O)cc2Oc2cc(OCc3cc(=O)[nH]c(=O)[nH]3)ccc21)c1ccc(-c2ccccc2)cc1. The van der Waals surface area contributed by atoms with Gasteiger partial charge in [0.25, 0.3) is 11.5 Å². The maximum Gasteiger partial charge on any atom is 0.340 e. The number of anilines is 1. The van der Waals surface area contributed by atoms with Crippen LogP contribution in [0.15, 0.2) is 125 Å². The molecular weight excluding hydrogens is 626 g/mol. The molecule has 0 radical (unpaired) electrons. The summed E-state index contributed by atoms with van der Waals surface area (Å²) in [5.41, 5.74) is 2.28. The molecule has 3 heterocycles. The molecule has 8 rings (SSSR count). The molecule has 0 saturated carbocycles. The molecule has 0 fully saturated rings. The molecule has 1 spiro atoms. The average Bonchev–Trinajstić information content (AvgIpc) is 3.38. The van der Waals surface area contributed by atoms with Crippen LogP contribution in [0.3, 0.4) is 0 Å². The van der Waals surface area contributed by atoms with Crippen molar-refractivity contribution in [2.24, 2.45) is 0 Å². The molecule has 1 amide bonds. The van der Waals surface area contributed by atoms with E-state index >= 15 is 0 Å². The Labute approximate surface area is 277 Å². The van der Waals surface area contributed by atoms with E-state index in [0.717, 1.165) is 11.1 Å². The van der Waals surface area contributed by atoms with Crippen molar-refractivity contribution >= 4 is 17.6 Å². The van der Waals surface area contributed by atoms with Gasteiger partial charge in [-0.25, -0.2) is 9.59 Å². The highest BCUT2D eigenvalue weighted by Gasteiger charge is 2.53. The number of hydrogen-bond donors (Lipinski definition) is 4. The van der Waals surface area contributed by atoms with Crippen LogP contribution in [0.1, 0.15) is 43.1 Å². The van der Waals surface area contributed by atoms with Crippen molar-refractivity contribution in [1.29, 1.82) is 0 Å².